The van der Waals surface area contributed by atoms with E-state index < -0.39 is 12.8 Å². The van der Waals surface area contributed by atoms with Crippen molar-refractivity contribution in [2.45, 2.75) is 6.18 Å². The smallest absolute Gasteiger partial charge is 0.422 e. The first-order chi connectivity index (χ1) is 7.53. The third kappa shape index (κ3) is 4.24. The molecular formula is C11H9F3O2. The van der Waals surface area contributed by atoms with Crippen LogP contribution in [0.3, 0.4) is 0 Å². The molecule has 1 aromatic rings. The van der Waals surface area contributed by atoms with Crippen LogP contribution in [0.2, 0.25) is 0 Å². The number of benzene rings is 1. The average molecular weight is 230 g/mol. The molecule has 0 unspecified atom stereocenters. The highest BCUT2D eigenvalue weighted by molar-refractivity contribution is 5.45. The van der Waals surface area contributed by atoms with Crippen molar-refractivity contribution in [2.24, 2.45) is 0 Å². The van der Waals surface area contributed by atoms with Crippen LogP contribution in [0.25, 0.3) is 0 Å². The van der Waals surface area contributed by atoms with Crippen LogP contribution in [0.1, 0.15) is 5.56 Å². The highest BCUT2D eigenvalue weighted by atomic mass is 19.4. The molecule has 0 saturated carbocycles. The van der Waals surface area contributed by atoms with Gasteiger partial charge in [0.25, 0.3) is 0 Å². The molecule has 1 N–H and O–H groups in total. The van der Waals surface area contributed by atoms with Crippen LogP contribution in [0, 0.1) is 11.8 Å². The molecule has 0 fully saturated rings. The zero-order valence-corrected chi connectivity index (χ0v) is 8.21. The maximum absolute atomic E-state index is 11.9. The van der Waals surface area contributed by atoms with Crippen molar-refractivity contribution in [1.82, 2.24) is 0 Å². The molecule has 2 nitrogen and oxygen atoms in total. The molecule has 0 heterocycles. The van der Waals surface area contributed by atoms with Crippen LogP contribution in [0.5, 0.6) is 5.75 Å². The number of rotatable bonds is 2. The molecule has 0 bridgehead atoms. The Kier molecular flexibility index (Phi) is 4.20. The summed E-state index contributed by atoms with van der Waals surface area (Å²) in [5, 5.41) is 8.48. The van der Waals surface area contributed by atoms with Gasteiger partial charge in [0.1, 0.15) is 12.4 Å². The molecule has 0 aliphatic carbocycles. The molecule has 0 aliphatic heterocycles. The minimum absolute atomic E-state index is 0.0563. The Labute approximate surface area is 90.7 Å². The molecule has 0 aliphatic rings. The highest BCUT2D eigenvalue weighted by Crippen LogP contribution is 2.21. The zero-order valence-electron chi connectivity index (χ0n) is 8.21. The Morgan fingerprint density at radius 3 is 2.56 bits per heavy atom. The van der Waals surface area contributed by atoms with E-state index in [9.17, 15) is 13.2 Å². The second-order valence-electron chi connectivity index (χ2n) is 2.86. The summed E-state index contributed by atoms with van der Waals surface area (Å²) in [6.45, 7) is -1.71. The lowest BCUT2D eigenvalue weighted by Gasteiger charge is -2.10. The number of hydrogen-bond acceptors (Lipinski definition) is 2. The summed E-state index contributed by atoms with van der Waals surface area (Å²) in [7, 11) is 0. The van der Waals surface area contributed by atoms with Crippen molar-refractivity contribution >= 4 is 0 Å². The van der Waals surface area contributed by atoms with Crippen LogP contribution in [-0.4, -0.2) is 24.5 Å². The molecule has 5 heteroatoms. The first-order valence-corrected chi connectivity index (χ1v) is 4.41. The van der Waals surface area contributed by atoms with Crippen LogP contribution in [0.4, 0.5) is 13.2 Å². The van der Waals surface area contributed by atoms with E-state index in [4.69, 9.17) is 5.11 Å². The second kappa shape index (κ2) is 5.42. The second-order valence-corrected chi connectivity index (χ2v) is 2.86. The summed E-state index contributed by atoms with van der Waals surface area (Å²) in [6, 6.07) is 6.10. The Balaban J connectivity index is 2.79. The minimum Gasteiger partial charge on any atom is -0.483 e. The summed E-state index contributed by atoms with van der Waals surface area (Å²) in [4.78, 5) is 0. The van der Waals surface area contributed by atoms with E-state index in [-0.39, 0.29) is 12.4 Å². The van der Waals surface area contributed by atoms with Gasteiger partial charge in [-0.2, -0.15) is 13.2 Å². The summed E-state index contributed by atoms with van der Waals surface area (Å²) in [5.74, 6) is 4.91. The van der Waals surface area contributed by atoms with Crippen LogP contribution in [-0.2, 0) is 0 Å². The third-order valence-corrected chi connectivity index (χ3v) is 1.58. The normalized spacial score (nSPS) is 10.5. The van der Waals surface area contributed by atoms with Crippen molar-refractivity contribution < 1.29 is 23.0 Å². The predicted octanol–water partition coefficient (Wildman–Crippen LogP) is 1.97. The van der Waals surface area contributed by atoms with Crippen molar-refractivity contribution in [2.75, 3.05) is 13.2 Å². The van der Waals surface area contributed by atoms with Gasteiger partial charge in [0.2, 0.25) is 0 Å². The van der Waals surface area contributed by atoms with E-state index in [1.54, 1.807) is 12.1 Å². The fourth-order valence-corrected chi connectivity index (χ4v) is 0.990. The Hall–Kier alpha value is -1.67. The largest absolute Gasteiger partial charge is 0.483 e. The van der Waals surface area contributed by atoms with Gasteiger partial charge in [0.15, 0.2) is 6.61 Å². The van der Waals surface area contributed by atoms with Crippen LogP contribution >= 0.6 is 0 Å². The average Bonchev–Trinajstić information content (AvgIpc) is 2.23. The highest BCUT2D eigenvalue weighted by Gasteiger charge is 2.28. The first kappa shape index (κ1) is 12.4. The minimum atomic E-state index is -4.38. The summed E-state index contributed by atoms with van der Waals surface area (Å²) in [5.41, 5.74) is 0.320. The molecular weight excluding hydrogens is 221 g/mol. The molecule has 1 rings (SSSR count). The van der Waals surface area contributed by atoms with E-state index >= 15 is 0 Å². The first-order valence-electron chi connectivity index (χ1n) is 4.41. The fourth-order valence-electron chi connectivity index (χ4n) is 0.990. The molecule has 16 heavy (non-hydrogen) atoms. The van der Waals surface area contributed by atoms with Gasteiger partial charge in [0.05, 0.1) is 5.56 Å². The van der Waals surface area contributed by atoms with Gasteiger partial charge in [-0.25, -0.2) is 0 Å². The van der Waals surface area contributed by atoms with Gasteiger partial charge >= 0.3 is 6.18 Å². The number of ether oxygens (including phenoxy) is 1. The van der Waals surface area contributed by atoms with Crippen molar-refractivity contribution in [3.05, 3.63) is 29.8 Å². The van der Waals surface area contributed by atoms with Gasteiger partial charge < -0.3 is 9.84 Å². The Morgan fingerprint density at radius 1 is 1.25 bits per heavy atom. The van der Waals surface area contributed by atoms with Gasteiger partial charge in [-0.1, -0.05) is 24.0 Å². The number of hydrogen-bond donors (Lipinski definition) is 1. The third-order valence-electron chi connectivity index (χ3n) is 1.58. The van der Waals surface area contributed by atoms with Crippen LogP contribution in [0.15, 0.2) is 24.3 Å². The van der Waals surface area contributed by atoms with E-state index in [1.807, 2.05) is 0 Å². The number of halogens is 3. The molecule has 0 saturated heterocycles. The van der Waals surface area contributed by atoms with E-state index in [2.05, 4.69) is 16.6 Å². The standard InChI is InChI=1S/C11H9F3O2/c12-11(13,14)8-16-10-6-2-1-4-9(10)5-3-7-15/h1-2,4,6,15H,7-8H2. The monoisotopic (exact) mass is 230 g/mol. The number of alkyl halides is 3. The summed E-state index contributed by atoms with van der Waals surface area (Å²) < 4.78 is 40.4. The molecule has 0 amide bonds. The number of aliphatic hydroxyl groups is 1. The van der Waals surface area contributed by atoms with Gasteiger partial charge in [-0.05, 0) is 12.1 Å². The lowest BCUT2D eigenvalue weighted by atomic mass is 10.2. The molecule has 0 aromatic heterocycles. The number of para-hydroxylation sites is 1. The van der Waals surface area contributed by atoms with E-state index in [0.29, 0.717) is 5.56 Å². The maximum Gasteiger partial charge on any atom is 0.422 e. The van der Waals surface area contributed by atoms with Gasteiger partial charge in [-0.15, -0.1) is 0 Å². The van der Waals surface area contributed by atoms with Crippen molar-refractivity contribution in [1.29, 1.82) is 0 Å². The van der Waals surface area contributed by atoms with Gasteiger partial charge in [-0.3, -0.25) is 0 Å². The topological polar surface area (TPSA) is 29.5 Å². The summed E-state index contributed by atoms with van der Waals surface area (Å²) >= 11 is 0. The molecule has 0 atom stereocenters. The maximum atomic E-state index is 11.9. The van der Waals surface area contributed by atoms with Crippen LogP contribution < -0.4 is 4.74 Å². The SMILES string of the molecule is OCC#Cc1ccccc1OCC(F)(F)F. The van der Waals surface area contributed by atoms with E-state index in [0.717, 1.165) is 0 Å². The van der Waals surface area contributed by atoms with Gasteiger partial charge in [0, 0.05) is 0 Å². The molecule has 0 spiro atoms. The lowest BCUT2D eigenvalue weighted by molar-refractivity contribution is -0.153. The zero-order chi connectivity index (χ0) is 12.0. The Bertz CT molecular complexity index is 402. The fraction of sp³-hybridized carbons (Fsp3) is 0.273. The predicted molar refractivity (Wildman–Crippen MR) is 52.0 cm³/mol. The molecule has 0 radical (unpaired) electrons. The van der Waals surface area contributed by atoms with E-state index in [1.165, 1.54) is 12.1 Å². The molecule has 1 aromatic carbocycles. The van der Waals surface area contributed by atoms with Crippen molar-refractivity contribution in [3.63, 3.8) is 0 Å². The number of aliphatic hydroxyl groups excluding tert-OH is 1. The lowest BCUT2D eigenvalue weighted by Crippen LogP contribution is -2.19. The van der Waals surface area contributed by atoms with Crippen molar-refractivity contribution in [3.8, 4) is 17.6 Å². The summed E-state index contributed by atoms with van der Waals surface area (Å²) in [6.07, 6.45) is -4.38. The molecule has 86 valence electrons. The quantitative estimate of drug-likeness (QED) is 0.787. The Morgan fingerprint density at radius 2 is 1.94 bits per heavy atom.